The Hall–Kier alpha value is -0.601. The molecule has 0 spiro atoms. The molecule has 0 unspecified atom stereocenters. The summed E-state index contributed by atoms with van der Waals surface area (Å²) in [6, 6.07) is 1.45. The molecular weight excluding hydrogens is 183 g/mol. The number of aryl methyl sites for hydroxylation is 1. The van der Waals surface area contributed by atoms with Gasteiger partial charge >= 0.3 is 59.7 Å². The molecular formula is C5H5N2OSe. The Bertz CT molecular complexity index is 245. The van der Waals surface area contributed by atoms with Crippen molar-refractivity contribution >= 4 is 20.7 Å². The Morgan fingerprint density at radius 2 is 2.44 bits per heavy atom. The molecule has 0 fully saturated rings. The van der Waals surface area contributed by atoms with Gasteiger partial charge in [0, 0.05) is 0 Å². The molecule has 1 N–H and O–H groups in total. The second-order valence-electron chi connectivity index (χ2n) is 1.69. The zero-order valence-corrected chi connectivity index (χ0v) is 6.55. The minimum absolute atomic E-state index is 0.115. The van der Waals surface area contributed by atoms with E-state index in [0.29, 0.717) is 4.72 Å². The normalized spacial score (nSPS) is 9.44. The van der Waals surface area contributed by atoms with Gasteiger partial charge < -0.3 is 0 Å². The van der Waals surface area contributed by atoms with Crippen LogP contribution >= 0.6 is 0 Å². The quantitative estimate of drug-likeness (QED) is 0.524. The zero-order valence-electron chi connectivity index (χ0n) is 4.84. The Labute approximate surface area is 60.3 Å². The molecule has 1 radical (unpaired) electrons. The topological polar surface area (TPSA) is 45.8 Å². The zero-order chi connectivity index (χ0) is 6.85. The summed E-state index contributed by atoms with van der Waals surface area (Å²) in [6.45, 7) is 1.77. The van der Waals surface area contributed by atoms with Crippen LogP contribution in [0.25, 0.3) is 0 Å². The first-order valence-electron chi connectivity index (χ1n) is 2.43. The van der Waals surface area contributed by atoms with E-state index in [0.717, 1.165) is 5.69 Å². The molecule has 0 atom stereocenters. The van der Waals surface area contributed by atoms with Gasteiger partial charge in [-0.3, -0.25) is 0 Å². The van der Waals surface area contributed by atoms with Crippen molar-refractivity contribution in [3.63, 3.8) is 0 Å². The summed E-state index contributed by atoms with van der Waals surface area (Å²) in [5.41, 5.74) is 0.615. The van der Waals surface area contributed by atoms with Crippen LogP contribution in [0.4, 0.5) is 0 Å². The molecule has 0 amide bonds. The second kappa shape index (κ2) is 2.33. The first kappa shape index (κ1) is 6.52. The van der Waals surface area contributed by atoms with Gasteiger partial charge in [-0.25, -0.2) is 0 Å². The van der Waals surface area contributed by atoms with E-state index in [4.69, 9.17) is 0 Å². The molecule has 0 saturated heterocycles. The van der Waals surface area contributed by atoms with Crippen LogP contribution in [0.2, 0.25) is 0 Å². The molecule has 0 aliphatic rings. The van der Waals surface area contributed by atoms with E-state index in [1.54, 1.807) is 6.92 Å². The number of aromatic amines is 1. The standard InChI is InChI=1S/C5H5N2OSe/c1-3-2-4(8)7-5(9)6-3/h2H,1H3,(H,6,7,8). The summed E-state index contributed by atoms with van der Waals surface area (Å²) in [7, 11) is 0. The Kier molecular flexibility index (Phi) is 1.69. The van der Waals surface area contributed by atoms with Gasteiger partial charge in [-0.1, -0.05) is 0 Å². The van der Waals surface area contributed by atoms with E-state index in [1.807, 2.05) is 0 Å². The van der Waals surface area contributed by atoms with Gasteiger partial charge in [0.2, 0.25) is 0 Å². The molecule has 1 heterocycles. The Balaban J connectivity index is 3.33. The van der Waals surface area contributed by atoms with E-state index >= 15 is 0 Å². The number of hydrogen-bond acceptors (Lipinski definition) is 2. The number of nitrogens with one attached hydrogen (secondary N) is 1. The monoisotopic (exact) mass is 189 g/mol. The van der Waals surface area contributed by atoms with Crippen LogP contribution in [0.1, 0.15) is 5.69 Å². The molecule has 47 valence electrons. The Morgan fingerprint density at radius 3 is 2.89 bits per heavy atom. The molecule has 3 nitrogen and oxygen atoms in total. The molecule has 9 heavy (non-hydrogen) atoms. The summed E-state index contributed by atoms with van der Waals surface area (Å²) in [5, 5.41) is 0. The van der Waals surface area contributed by atoms with Crippen molar-refractivity contribution in [2.24, 2.45) is 0 Å². The van der Waals surface area contributed by atoms with Gasteiger partial charge in [0.1, 0.15) is 0 Å². The third-order valence-corrected chi connectivity index (χ3v) is 1.25. The van der Waals surface area contributed by atoms with Crippen LogP contribution in [0.5, 0.6) is 0 Å². The fraction of sp³-hybridized carbons (Fsp3) is 0.200. The van der Waals surface area contributed by atoms with Crippen LogP contribution in [-0.4, -0.2) is 26.0 Å². The van der Waals surface area contributed by atoms with E-state index in [9.17, 15) is 4.79 Å². The molecule has 0 aliphatic carbocycles. The maximum absolute atomic E-state index is 10.6. The molecule has 4 heteroatoms. The SMILES string of the molecule is Cc1cc(=O)[nH]c([Se])n1. The van der Waals surface area contributed by atoms with Gasteiger partial charge in [-0.2, -0.15) is 0 Å². The van der Waals surface area contributed by atoms with Crippen molar-refractivity contribution in [2.75, 3.05) is 0 Å². The molecule has 1 aromatic rings. The predicted octanol–water partition coefficient (Wildman–Crippen LogP) is -1.13. The van der Waals surface area contributed by atoms with Crippen LogP contribution in [0.15, 0.2) is 10.9 Å². The van der Waals surface area contributed by atoms with Crippen molar-refractivity contribution in [1.29, 1.82) is 0 Å². The van der Waals surface area contributed by atoms with Crippen molar-refractivity contribution in [3.8, 4) is 0 Å². The van der Waals surface area contributed by atoms with Gasteiger partial charge in [-0.15, -0.1) is 0 Å². The summed E-state index contributed by atoms with van der Waals surface area (Å²) in [4.78, 5) is 17.0. The van der Waals surface area contributed by atoms with Crippen LogP contribution in [-0.2, 0) is 0 Å². The number of nitrogens with zero attached hydrogens (tertiary/aromatic N) is 1. The molecule has 0 bridgehead atoms. The third kappa shape index (κ3) is 1.66. The fourth-order valence-electron chi connectivity index (χ4n) is 0.552. The van der Waals surface area contributed by atoms with Crippen molar-refractivity contribution < 1.29 is 0 Å². The number of rotatable bonds is 0. The van der Waals surface area contributed by atoms with E-state index in [-0.39, 0.29) is 5.56 Å². The summed E-state index contributed by atoms with van der Waals surface area (Å²) < 4.78 is 0.542. The number of hydrogen-bond donors (Lipinski definition) is 1. The Morgan fingerprint density at radius 1 is 1.78 bits per heavy atom. The van der Waals surface area contributed by atoms with Crippen LogP contribution < -0.4 is 10.3 Å². The van der Waals surface area contributed by atoms with Crippen LogP contribution in [0, 0.1) is 6.92 Å². The van der Waals surface area contributed by atoms with Crippen molar-refractivity contribution in [1.82, 2.24) is 9.97 Å². The fourth-order valence-corrected chi connectivity index (χ4v) is 1.06. The number of aromatic nitrogens is 2. The van der Waals surface area contributed by atoms with Gasteiger partial charge in [0.05, 0.1) is 0 Å². The van der Waals surface area contributed by atoms with Crippen molar-refractivity contribution in [2.45, 2.75) is 6.92 Å². The van der Waals surface area contributed by atoms with E-state index in [1.165, 1.54) is 6.07 Å². The first-order valence-corrected chi connectivity index (χ1v) is 3.29. The van der Waals surface area contributed by atoms with Crippen molar-refractivity contribution in [3.05, 3.63) is 22.1 Å². The number of H-pyrrole nitrogens is 1. The molecule has 1 rings (SSSR count). The third-order valence-electron chi connectivity index (χ3n) is 0.848. The van der Waals surface area contributed by atoms with Gasteiger partial charge in [0.25, 0.3) is 0 Å². The average molecular weight is 188 g/mol. The van der Waals surface area contributed by atoms with E-state index < -0.39 is 0 Å². The minimum atomic E-state index is -0.115. The van der Waals surface area contributed by atoms with Crippen LogP contribution in [0.3, 0.4) is 0 Å². The molecule has 0 saturated carbocycles. The summed E-state index contributed by atoms with van der Waals surface area (Å²) in [5.74, 6) is 0. The summed E-state index contributed by atoms with van der Waals surface area (Å²) in [6.07, 6.45) is 0. The first-order chi connectivity index (χ1) is 4.18. The molecule has 0 aliphatic heterocycles. The van der Waals surface area contributed by atoms with Gasteiger partial charge in [-0.05, 0) is 0 Å². The summed E-state index contributed by atoms with van der Waals surface area (Å²) >= 11 is 2.62. The molecule has 1 aromatic heterocycles. The second-order valence-corrected chi connectivity index (χ2v) is 2.50. The van der Waals surface area contributed by atoms with E-state index in [2.05, 4.69) is 26.0 Å². The maximum atomic E-state index is 10.6. The average Bonchev–Trinajstić information content (AvgIpc) is 1.59. The predicted molar refractivity (Wildman–Crippen MR) is 35.0 cm³/mol. The van der Waals surface area contributed by atoms with Gasteiger partial charge in [0.15, 0.2) is 0 Å². The molecule has 0 aromatic carbocycles.